The fourth-order valence-electron chi connectivity index (χ4n) is 2.20. The van der Waals surface area contributed by atoms with Crippen molar-refractivity contribution in [3.05, 3.63) is 63.0 Å². The lowest BCUT2D eigenvalue weighted by molar-refractivity contribution is 1.18. The third-order valence-electron chi connectivity index (χ3n) is 3.25. The van der Waals surface area contributed by atoms with Gasteiger partial charge in [0.2, 0.25) is 0 Å². The van der Waals surface area contributed by atoms with Crippen molar-refractivity contribution in [1.82, 2.24) is 0 Å². The van der Waals surface area contributed by atoms with Gasteiger partial charge in [-0.15, -0.1) is 11.3 Å². The van der Waals surface area contributed by atoms with E-state index in [0.717, 1.165) is 31.6 Å². The molecule has 1 nitrogen and oxygen atoms in total. The van der Waals surface area contributed by atoms with Crippen LogP contribution < -0.4 is 5.32 Å². The van der Waals surface area contributed by atoms with E-state index in [0.29, 0.717) is 6.54 Å². The van der Waals surface area contributed by atoms with Crippen LogP contribution >= 0.6 is 34.5 Å². The number of anilines is 1. The number of fused-ring (bicyclic) bond motifs is 1. The fraction of sp³-hybridized carbons (Fsp3) is 0.125. The molecule has 1 heterocycles. The maximum Gasteiger partial charge on any atom is 0.0642 e. The molecule has 0 bridgehead atoms. The highest BCUT2D eigenvalue weighted by atomic mass is 35.5. The van der Waals surface area contributed by atoms with Crippen LogP contribution in [0, 0.1) is 6.92 Å². The average molecular weight is 322 g/mol. The van der Waals surface area contributed by atoms with Crippen LogP contribution in [0.2, 0.25) is 10.0 Å². The molecule has 0 fully saturated rings. The number of halogens is 2. The van der Waals surface area contributed by atoms with Gasteiger partial charge in [0.25, 0.3) is 0 Å². The Hall–Kier alpha value is -1.22. The molecule has 4 heteroatoms. The number of hydrogen-bond donors (Lipinski definition) is 1. The molecule has 3 rings (SSSR count). The maximum atomic E-state index is 6.44. The van der Waals surface area contributed by atoms with E-state index in [1.54, 1.807) is 11.3 Å². The minimum atomic E-state index is 0.683. The highest BCUT2D eigenvalue weighted by Crippen LogP contribution is 2.36. The van der Waals surface area contributed by atoms with Crippen molar-refractivity contribution in [1.29, 1.82) is 0 Å². The first-order valence-electron chi connectivity index (χ1n) is 6.31. The van der Waals surface area contributed by atoms with Crippen LogP contribution in [-0.4, -0.2) is 0 Å². The zero-order valence-corrected chi connectivity index (χ0v) is 13.2. The van der Waals surface area contributed by atoms with E-state index in [1.807, 2.05) is 37.3 Å². The standard InChI is InChI=1S/C16H13Cl2NS/c1-10-5-4-7-12(17)16(10)19-9-14-15(18)11-6-2-3-8-13(11)20-14/h2-8,19H,9H2,1H3. The largest absolute Gasteiger partial charge is 0.379 e. The molecule has 0 atom stereocenters. The van der Waals surface area contributed by atoms with Crippen LogP contribution in [0.4, 0.5) is 5.69 Å². The van der Waals surface area contributed by atoms with Crippen molar-refractivity contribution in [3.8, 4) is 0 Å². The summed E-state index contributed by atoms with van der Waals surface area (Å²) in [6.07, 6.45) is 0. The molecule has 3 aromatic rings. The predicted octanol–water partition coefficient (Wildman–Crippen LogP) is 6.13. The van der Waals surface area contributed by atoms with Crippen molar-refractivity contribution < 1.29 is 0 Å². The molecule has 2 aromatic carbocycles. The SMILES string of the molecule is Cc1cccc(Cl)c1NCc1sc2ccccc2c1Cl. The lowest BCUT2D eigenvalue weighted by atomic mass is 10.2. The van der Waals surface area contributed by atoms with E-state index in [2.05, 4.69) is 17.4 Å². The van der Waals surface area contributed by atoms with E-state index in [9.17, 15) is 0 Å². The summed E-state index contributed by atoms with van der Waals surface area (Å²) in [7, 11) is 0. The van der Waals surface area contributed by atoms with Crippen LogP contribution in [0.1, 0.15) is 10.4 Å². The number of rotatable bonds is 3. The molecule has 0 aliphatic heterocycles. The summed E-state index contributed by atoms with van der Waals surface area (Å²) < 4.78 is 1.21. The molecular formula is C16H13Cl2NS. The van der Waals surface area contributed by atoms with Crippen LogP contribution in [0.5, 0.6) is 0 Å². The molecule has 20 heavy (non-hydrogen) atoms. The number of benzene rings is 2. The first-order chi connectivity index (χ1) is 9.66. The van der Waals surface area contributed by atoms with Crippen molar-refractivity contribution in [2.45, 2.75) is 13.5 Å². The Kier molecular flexibility index (Phi) is 3.88. The fourth-order valence-corrected chi connectivity index (χ4v) is 3.93. The number of hydrogen-bond acceptors (Lipinski definition) is 2. The predicted molar refractivity (Wildman–Crippen MR) is 90.4 cm³/mol. The van der Waals surface area contributed by atoms with Crippen molar-refractivity contribution in [2.24, 2.45) is 0 Å². The number of nitrogens with one attached hydrogen (secondary N) is 1. The Morgan fingerprint density at radius 3 is 2.60 bits per heavy atom. The highest BCUT2D eigenvalue weighted by Gasteiger charge is 2.10. The Bertz CT molecular complexity index is 744. The Morgan fingerprint density at radius 1 is 1.05 bits per heavy atom. The number of thiophene rings is 1. The van der Waals surface area contributed by atoms with Crippen molar-refractivity contribution in [2.75, 3.05) is 5.32 Å². The smallest absolute Gasteiger partial charge is 0.0642 e. The first kappa shape index (κ1) is 13.7. The van der Waals surface area contributed by atoms with Crippen LogP contribution in [0.15, 0.2) is 42.5 Å². The molecule has 0 amide bonds. The lowest BCUT2D eigenvalue weighted by Gasteiger charge is -2.10. The zero-order chi connectivity index (χ0) is 14.1. The first-order valence-corrected chi connectivity index (χ1v) is 7.89. The summed E-state index contributed by atoms with van der Waals surface area (Å²) in [6.45, 7) is 2.73. The Morgan fingerprint density at radius 2 is 1.85 bits per heavy atom. The van der Waals surface area contributed by atoms with Crippen LogP contribution in [0.25, 0.3) is 10.1 Å². The van der Waals surface area contributed by atoms with Gasteiger partial charge in [0, 0.05) is 15.0 Å². The minimum Gasteiger partial charge on any atom is -0.379 e. The highest BCUT2D eigenvalue weighted by molar-refractivity contribution is 7.19. The molecule has 0 unspecified atom stereocenters. The second kappa shape index (κ2) is 5.65. The Balaban J connectivity index is 1.89. The number of para-hydroxylation sites is 1. The molecular weight excluding hydrogens is 309 g/mol. The quantitative estimate of drug-likeness (QED) is 0.612. The molecule has 0 radical (unpaired) electrons. The van der Waals surface area contributed by atoms with Crippen molar-refractivity contribution in [3.63, 3.8) is 0 Å². The van der Waals surface area contributed by atoms with Crippen molar-refractivity contribution >= 4 is 50.3 Å². The van der Waals surface area contributed by atoms with Gasteiger partial charge in [0.15, 0.2) is 0 Å². The third-order valence-corrected chi connectivity index (χ3v) is 5.28. The van der Waals surface area contributed by atoms with Crippen LogP contribution in [-0.2, 0) is 6.54 Å². The van der Waals surface area contributed by atoms with Gasteiger partial charge in [-0.2, -0.15) is 0 Å². The molecule has 0 saturated carbocycles. The summed E-state index contributed by atoms with van der Waals surface area (Å²) in [5.74, 6) is 0. The number of aryl methyl sites for hydroxylation is 1. The normalized spacial score (nSPS) is 10.9. The average Bonchev–Trinajstić information content (AvgIpc) is 2.76. The molecule has 102 valence electrons. The van der Waals surface area contributed by atoms with E-state index >= 15 is 0 Å². The second-order valence-electron chi connectivity index (χ2n) is 4.62. The third kappa shape index (κ3) is 2.51. The van der Waals surface area contributed by atoms with Gasteiger partial charge in [-0.05, 0) is 24.6 Å². The van der Waals surface area contributed by atoms with Gasteiger partial charge in [-0.1, -0.05) is 53.5 Å². The monoisotopic (exact) mass is 321 g/mol. The lowest BCUT2D eigenvalue weighted by Crippen LogP contribution is -2.00. The summed E-state index contributed by atoms with van der Waals surface area (Å²) >= 11 is 14.4. The van der Waals surface area contributed by atoms with Gasteiger partial charge in [0.1, 0.15) is 0 Å². The van der Waals surface area contributed by atoms with Gasteiger partial charge >= 0.3 is 0 Å². The van der Waals surface area contributed by atoms with Gasteiger partial charge in [-0.3, -0.25) is 0 Å². The van der Waals surface area contributed by atoms with E-state index in [-0.39, 0.29) is 0 Å². The molecule has 1 N–H and O–H groups in total. The molecule has 0 aliphatic carbocycles. The molecule has 0 spiro atoms. The van der Waals surface area contributed by atoms with Gasteiger partial charge in [-0.25, -0.2) is 0 Å². The van der Waals surface area contributed by atoms with E-state index in [4.69, 9.17) is 23.2 Å². The molecule has 0 saturated heterocycles. The van der Waals surface area contributed by atoms with Gasteiger partial charge in [0.05, 0.1) is 22.3 Å². The van der Waals surface area contributed by atoms with Crippen LogP contribution in [0.3, 0.4) is 0 Å². The zero-order valence-electron chi connectivity index (χ0n) is 10.9. The summed E-state index contributed by atoms with van der Waals surface area (Å²) in [5.41, 5.74) is 2.11. The molecule has 0 aliphatic rings. The van der Waals surface area contributed by atoms with E-state index < -0.39 is 0 Å². The maximum absolute atomic E-state index is 6.44. The second-order valence-corrected chi connectivity index (χ2v) is 6.54. The minimum absolute atomic E-state index is 0.683. The van der Waals surface area contributed by atoms with E-state index in [1.165, 1.54) is 4.70 Å². The summed E-state index contributed by atoms with van der Waals surface area (Å²) in [4.78, 5) is 1.13. The Labute approximate surface area is 132 Å². The summed E-state index contributed by atoms with van der Waals surface area (Å²) in [6, 6.07) is 14.1. The molecule has 1 aromatic heterocycles. The summed E-state index contributed by atoms with van der Waals surface area (Å²) in [5, 5.41) is 6.08. The topological polar surface area (TPSA) is 12.0 Å². The van der Waals surface area contributed by atoms with Gasteiger partial charge < -0.3 is 5.32 Å².